The summed E-state index contributed by atoms with van der Waals surface area (Å²) < 4.78 is 23.7. The number of thiol groups is 1. The third-order valence-electron chi connectivity index (χ3n) is 5.41. The van der Waals surface area contributed by atoms with E-state index in [0.29, 0.717) is 17.8 Å². The maximum atomic E-state index is 8.81. The van der Waals surface area contributed by atoms with Crippen LogP contribution in [0.25, 0.3) is 0 Å². The minimum atomic E-state index is -2.62. The largest absolute Gasteiger partial charge is 0.425 e. The van der Waals surface area contributed by atoms with Gasteiger partial charge >= 0.3 is 0 Å². The first-order valence-corrected chi connectivity index (χ1v) is 9.93. The first kappa shape index (κ1) is 18.1. The summed E-state index contributed by atoms with van der Waals surface area (Å²) in [5.74, 6) is 3.08. The van der Waals surface area contributed by atoms with E-state index in [4.69, 9.17) is 12.8 Å². The lowest BCUT2D eigenvalue weighted by Gasteiger charge is -2.01. The maximum Gasteiger partial charge on any atom is 0.220 e. The summed E-state index contributed by atoms with van der Waals surface area (Å²) in [5, 5.41) is 12.8. The third kappa shape index (κ3) is 3.93. The molecular formula is C18H25N3O3S. The molecule has 0 saturated heterocycles. The highest BCUT2D eigenvalue weighted by Gasteiger charge is 2.61. The highest BCUT2D eigenvalue weighted by Crippen LogP contribution is 2.69. The second-order valence-corrected chi connectivity index (χ2v) is 8.00. The molecule has 6 nitrogen and oxygen atoms in total. The lowest BCUT2D eigenvalue weighted by Crippen LogP contribution is -1.91. The van der Waals surface area contributed by atoms with Crippen LogP contribution in [-0.2, 0) is 10.9 Å². The topological polar surface area (TPSA) is 99.1 Å². The minimum absolute atomic E-state index is 0.209. The summed E-state index contributed by atoms with van der Waals surface area (Å²) in [6, 6.07) is 10.7. The smallest absolute Gasteiger partial charge is 0.220 e. The van der Waals surface area contributed by atoms with Gasteiger partial charge in [-0.15, -0.1) is 10.2 Å². The van der Waals surface area contributed by atoms with Crippen molar-refractivity contribution < 1.29 is 12.8 Å². The van der Waals surface area contributed by atoms with Crippen molar-refractivity contribution in [2.24, 2.45) is 10.6 Å². The van der Waals surface area contributed by atoms with E-state index >= 15 is 0 Å². The number of hydrogen-bond acceptors (Lipinski definition) is 5. The zero-order valence-electron chi connectivity index (χ0n) is 14.6. The number of hydrogen-bond donors (Lipinski definition) is 2. The maximum absolute atomic E-state index is 8.81. The number of nitrogens with two attached hydrogens (primary N) is 1. The van der Waals surface area contributed by atoms with Crippen molar-refractivity contribution >= 4 is 10.9 Å². The van der Waals surface area contributed by atoms with E-state index in [2.05, 4.69) is 59.5 Å². The molecule has 25 heavy (non-hydrogen) atoms. The van der Waals surface area contributed by atoms with Crippen molar-refractivity contribution in [1.82, 2.24) is 10.2 Å². The number of aromatic nitrogens is 2. The molecule has 0 bridgehead atoms. The fourth-order valence-corrected chi connectivity index (χ4v) is 4.09. The van der Waals surface area contributed by atoms with Gasteiger partial charge in [0.25, 0.3) is 0 Å². The molecule has 2 fully saturated rings. The lowest BCUT2D eigenvalue weighted by molar-refractivity contribution is 0.404. The second kappa shape index (κ2) is 7.25. The molecule has 2 saturated carbocycles. The molecule has 0 aliphatic heterocycles. The highest BCUT2D eigenvalue weighted by atomic mass is 32.2. The zero-order chi connectivity index (χ0) is 18.0. The summed E-state index contributed by atoms with van der Waals surface area (Å²) in [6.45, 7) is 4.60. The molecular weight excluding hydrogens is 338 g/mol. The first-order chi connectivity index (χ1) is 11.9. The lowest BCUT2D eigenvalue weighted by atomic mass is 10.0. The Balaban J connectivity index is 0.000000415. The van der Waals surface area contributed by atoms with Crippen molar-refractivity contribution in [2.75, 3.05) is 0 Å². The summed E-state index contributed by atoms with van der Waals surface area (Å²) >= 11 is 0. The van der Waals surface area contributed by atoms with Crippen molar-refractivity contribution in [1.29, 1.82) is 0 Å². The first-order valence-electron chi connectivity index (χ1n) is 8.68. The third-order valence-corrected chi connectivity index (χ3v) is 5.41. The molecule has 2 N–H and O–H groups in total. The van der Waals surface area contributed by atoms with Crippen LogP contribution in [0.2, 0.25) is 0 Å². The van der Waals surface area contributed by atoms with Crippen LogP contribution in [-0.4, -0.2) is 18.6 Å². The molecule has 0 radical (unpaired) electrons. The van der Waals surface area contributed by atoms with Gasteiger partial charge in [0.2, 0.25) is 11.8 Å². The Morgan fingerprint density at radius 2 is 1.60 bits per heavy atom. The summed E-state index contributed by atoms with van der Waals surface area (Å²) in [7, 11) is -2.62. The van der Waals surface area contributed by atoms with Gasteiger partial charge in [0.05, 0.1) is 5.92 Å². The average Bonchev–Trinajstić information content (AvgIpc) is 3.04. The molecule has 4 rings (SSSR count). The van der Waals surface area contributed by atoms with E-state index in [1.807, 2.05) is 0 Å². The standard InChI is InChI=1S/C18H22N2O.H3NO2S/c1-18(2)14(12-8-4-3-5-9-12)15(18)17-20-19-16(21-17)13-10-6-7-11-13;1-4(2)3/h3-5,8-9,13-15H,6-7,10-11H2,1-2H3;4H,(H2,1,2,3)/t14-,15+;/m0./s1. The Morgan fingerprint density at radius 1 is 1.04 bits per heavy atom. The Hall–Kier alpha value is -1.73. The van der Waals surface area contributed by atoms with Gasteiger partial charge in [0, 0.05) is 11.8 Å². The van der Waals surface area contributed by atoms with Gasteiger partial charge in [-0.05, 0) is 23.8 Å². The van der Waals surface area contributed by atoms with Gasteiger partial charge in [-0.2, -0.15) is 0 Å². The predicted octanol–water partition coefficient (Wildman–Crippen LogP) is 3.11. The molecule has 136 valence electrons. The van der Waals surface area contributed by atoms with Crippen LogP contribution < -0.4 is 5.14 Å². The van der Waals surface area contributed by atoms with Crippen molar-refractivity contribution in [3.63, 3.8) is 0 Å². The SMILES string of the molecule is CC1(C)[C@@H](c2ccccc2)[C@@H]1c1nnc(C2CCCC2)o1.N[SH](=O)=O. The summed E-state index contributed by atoms with van der Waals surface area (Å²) in [5.41, 5.74) is 1.59. The fraction of sp³-hybridized carbons (Fsp3) is 0.556. The van der Waals surface area contributed by atoms with Crippen LogP contribution in [0.4, 0.5) is 0 Å². The quantitative estimate of drug-likeness (QED) is 0.816. The summed E-state index contributed by atoms with van der Waals surface area (Å²) in [6.07, 6.45) is 5.00. The van der Waals surface area contributed by atoms with Gasteiger partial charge in [-0.25, -0.2) is 13.6 Å². The molecule has 2 aliphatic rings. The summed E-state index contributed by atoms with van der Waals surface area (Å²) in [4.78, 5) is 0. The molecule has 0 unspecified atom stereocenters. The monoisotopic (exact) mass is 363 g/mol. The van der Waals surface area contributed by atoms with Crippen LogP contribution in [0.15, 0.2) is 34.7 Å². The number of rotatable bonds is 3. The molecule has 1 aromatic heterocycles. The van der Waals surface area contributed by atoms with Crippen LogP contribution in [0.3, 0.4) is 0 Å². The van der Waals surface area contributed by atoms with E-state index in [1.54, 1.807) is 0 Å². The van der Waals surface area contributed by atoms with E-state index in [-0.39, 0.29) is 5.41 Å². The zero-order valence-corrected chi connectivity index (χ0v) is 15.5. The van der Waals surface area contributed by atoms with Crippen molar-refractivity contribution in [2.45, 2.75) is 57.3 Å². The second-order valence-electron chi connectivity index (χ2n) is 7.43. The van der Waals surface area contributed by atoms with Crippen molar-refractivity contribution in [3.05, 3.63) is 47.7 Å². The van der Waals surface area contributed by atoms with E-state index in [1.165, 1.54) is 31.2 Å². The predicted molar refractivity (Wildman–Crippen MR) is 95.7 cm³/mol. The fourth-order valence-electron chi connectivity index (χ4n) is 4.09. The Labute approximate surface area is 149 Å². The minimum Gasteiger partial charge on any atom is -0.425 e. The molecule has 0 spiro atoms. The normalized spacial score (nSPS) is 24.8. The van der Waals surface area contributed by atoms with Gasteiger partial charge < -0.3 is 4.42 Å². The molecule has 2 atom stereocenters. The van der Waals surface area contributed by atoms with Crippen molar-refractivity contribution in [3.8, 4) is 0 Å². The van der Waals surface area contributed by atoms with E-state index < -0.39 is 10.9 Å². The van der Waals surface area contributed by atoms with Crippen LogP contribution in [0.5, 0.6) is 0 Å². The molecule has 0 amide bonds. The highest BCUT2D eigenvalue weighted by molar-refractivity contribution is 7.69. The molecule has 1 aromatic carbocycles. The number of benzene rings is 1. The van der Waals surface area contributed by atoms with Gasteiger partial charge in [-0.1, -0.05) is 57.0 Å². The Morgan fingerprint density at radius 3 is 2.20 bits per heavy atom. The van der Waals surface area contributed by atoms with Crippen LogP contribution >= 0.6 is 0 Å². The van der Waals surface area contributed by atoms with Gasteiger partial charge in [0.15, 0.2) is 10.9 Å². The average molecular weight is 363 g/mol. The van der Waals surface area contributed by atoms with Crippen LogP contribution in [0.1, 0.15) is 74.6 Å². The van der Waals surface area contributed by atoms with Gasteiger partial charge in [-0.3, -0.25) is 0 Å². The van der Waals surface area contributed by atoms with Crippen LogP contribution in [0, 0.1) is 5.41 Å². The Kier molecular flexibility index (Phi) is 5.24. The molecule has 7 heteroatoms. The van der Waals surface area contributed by atoms with E-state index in [0.717, 1.165) is 11.8 Å². The molecule has 2 aliphatic carbocycles. The molecule has 1 heterocycles. The van der Waals surface area contributed by atoms with E-state index in [9.17, 15) is 0 Å². The Bertz CT molecular complexity index is 772. The van der Waals surface area contributed by atoms with Gasteiger partial charge in [0.1, 0.15) is 0 Å². The molecule has 2 aromatic rings. The number of nitrogens with zero attached hydrogens (tertiary/aromatic N) is 2.